The highest BCUT2D eigenvalue weighted by Gasteiger charge is 2.95. The fourth-order valence-corrected chi connectivity index (χ4v) is 2.05. The Labute approximate surface area is 154 Å². The van der Waals surface area contributed by atoms with Gasteiger partial charge in [-0.3, -0.25) is 0 Å². The summed E-state index contributed by atoms with van der Waals surface area (Å²) in [5, 5.41) is 0. The van der Waals surface area contributed by atoms with Gasteiger partial charge in [-0.25, -0.2) is 8.42 Å². The Bertz CT molecular complexity index is 696. The molecular weight excluding hydrogens is 507 g/mol. The van der Waals surface area contributed by atoms with Crippen LogP contribution in [0.15, 0.2) is 0 Å². The highest BCUT2D eigenvalue weighted by Crippen LogP contribution is 2.64. The van der Waals surface area contributed by atoms with Crippen molar-refractivity contribution in [3.63, 3.8) is 0 Å². The lowest BCUT2D eigenvalue weighted by atomic mass is 9.88. The normalized spacial score (nSPS) is 16.3. The molecule has 0 aromatic rings. The lowest BCUT2D eigenvalue weighted by molar-refractivity contribution is -0.461. The maximum absolute atomic E-state index is 13.2. The van der Waals surface area contributed by atoms with Gasteiger partial charge in [0.25, 0.3) is 0 Å². The third-order valence-electron chi connectivity index (χ3n) is 3.40. The molecule has 0 atom stereocenters. The molecular formula is C10H5F17O2S. The van der Waals surface area contributed by atoms with E-state index >= 15 is 0 Å². The number of alkyl halides is 17. The average Bonchev–Trinajstić information content (AvgIpc) is 2.50. The smallest absolute Gasteiger partial charge is 0.232 e. The van der Waals surface area contributed by atoms with Gasteiger partial charge in [0.2, 0.25) is 0 Å². The van der Waals surface area contributed by atoms with Gasteiger partial charge in [0, 0.05) is 6.42 Å². The molecule has 0 fully saturated rings. The molecule has 0 bridgehead atoms. The van der Waals surface area contributed by atoms with Gasteiger partial charge in [-0.2, -0.15) is 74.6 Å². The Morgan fingerprint density at radius 2 is 0.700 bits per heavy atom. The first-order valence-corrected chi connectivity index (χ1v) is 7.86. The zero-order valence-electron chi connectivity index (χ0n) is 13.1. The molecule has 0 N–H and O–H groups in total. The summed E-state index contributed by atoms with van der Waals surface area (Å²) in [4.78, 5) is 0. The maximum atomic E-state index is 13.2. The Morgan fingerprint density at radius 3 is 0.967 bits per heavy atom. The number of thiol groups is 1. The molecule has 182 valence electrons. The van der Waals surface area contributed by atoms with Gasteiger partial charge in [0.1, 0.15) is 10.7 Å². The number of hydrogen-bond donors (Lipinski definition) is 1. The predicted molar refractivity (Wildman–Crippen MR) is 60.5 cm³/mol. The molecule has 0 spiro atoms. The standard InChI is InChI=1S/C10H5F17O2S/c11-3(12,1-2-30(28)29)4(13,14)5(15,16)6(17,18)7(19,20)8(21,22)9(23,24)10(25,26)27/h30H,1-2H2. The van der Waals surface area contributed by atoms with Crippen LogP contribution in [0.2, 0.25) is 0 Å². The van der Waals surface area contributed by atoms with Crippen molar-refractivity contribution in [2.45, 2.75) is 54.1 Å². The van der Waals surface area contributed by atoms with E-state index in [0.29, 0.717) is 0 Å². The van der Waals surface area contributed by atoms with Gasteiger partial charge < -0.3 is 0 Å². The van der Waals surface area contributed by atoms with Crippen LogP contribution in [0.3, 0.4) is 0 Å². The maximum Gasteiger partial charge on any atom is 0.460 e. The second-order valence-corrected chi connectivity index (χ2v) is 6.57. The third-order valence-corrected chi connectivity index (χ3v) is 3.98. The summed E-state index contributed by atoms with van der Waals surface area (Å²) in [7, 11) is -4.08. The monoisotopic (exact) mass is 512 g/mol. The molecule has 0 aromatic heterocycles. The van der Waals surface area contributed by atoms with Crippen molar-refractivity contribution >= 4 is 10.7 Å². The Hall–Kier alpha value is -1.24. The fraction of sp³-hybridized carbons (Fsp3) is 1.00. The first-order chi connectivity index (χ1) is 12.7. The highest BCUT2D eigenvalue weighted by atomic mass is 32.2. The summed E-state index contributed by atoms with van der Waals surface area (Å²) in [5.41, 5.74) is 0. The number of halogens is 17. The van der Waals surface area contributed by atoms with Gasteiger partial charge in [-0.15, -0.1) is 0 Å². The van der Waals surface area contributed by atoms with Gasteiger partial charge in [0.05, 0.1) is 5.75 Å². The Kier molecular flexibility index (Phi) is 7.11. The molecule has 30 heavy (non-hydrogen) atoms. The van der Waals surface area contributed by atoms with Crippen molar-refractivity contribution < 1.29 is 83.1 Å². The zero-order valence-corrected chi connectivity index (χ0v) is 14.0. The summed E-state index contributed by atoms with van der Waals surface area (Å²) in [6.45, 7) is 0. The average molecular weight is 512 g/mol. The first kappa shape index (κ1) is 28.8. The minimum Gasteiger partial charge on any atom is -0.232 e. The van der Waals surface area contributed by atoms with E-state index in [4.69, 9.17) is 0 Å². The SMILES string of the molecule is O=[SH](=O)CCC(F)(F)C(F)(F)C(F)(F)C(F)(F)C(F)(F)C(F)(F)C(F)(F)C(F)(F)F. The van der Waals surface area contributed by atoms with Crippen molar-refractivity contribution in [1.82, 2.24) is 0 Å². The molecule has 20 heteroatoms. The van der Waals surface area contributed by atoms with E-state index < -0.39 is 70.5 Å². The molecule has 0 saturated carbocycles. The van der Waals surface area contributed by atoms with Crippen molar-refractivity contribution in [2.24, 2.45) is 0 Å². The summed E-state index contributed by atoms with van der Waals surface area (Å²) in [6.07, 6.45) is -10.8. The molecule has 0 rings (SSSR count). The van der Waals surface area contributed by atoms with Gasteiger partial charge in [-0.1, -0.05) is 0 Å². The molecule has 2 nitrogen and oxygen atoms in total. The van der Waals surface area contributed by atoms with E-state index in [-0.39, 0.29) is 0 Å². The van der Waals surface area contributed by atoms with Crippen LogP contribution in [0.5, 0.6) is 0 Å². The third kappa shape index (κ3) is 3.87. The van der Waals surface area contributed by atoms with Gasteiger partial charge >= 0.3 is 47.6 Å². The summed E-state index contributed by atoms with van der Waals surface area (Å²) in [6, 6.07) is 0. The number of hydrogen-bond acceptors (Lipinski definition) is 2. The van der Waals surface area contributed by atoms with E-state index in [1.807, 2.05) is 0 Å². The predicted octanol–water partition coefficient (Wildman–Crippen LogP) is 5.00. The van der Waals surface area contributed by atoms with E-state index in [2.05, 4.69) is 0 Å². The van der Waals surface area contributed by atoms with Crippen LogP contribution in [-0.4, -0.2) is 61.8 Å². The molecule has 0 amide bonds. The molecule has 0 heterocycles. The van der Waals surface area contributed by atoms with Crippen molar-refractivity contribution in [1.29, 1.82) is 0 Å². The van der Waals surface area contributed by atoms with E-state index in [1.165, 1.54) is 0 Å². The Balaban J connectivity index is 6.62. The van der Waals surface area contributed by atoms with Crippen LogP contribution in [-0.2, 0) is 10.7 Å². The van der Waals surface area contributed by atoms with Crippen molar-refractivity contribution in [3.8, 4) is 0 Å². The molecule has 0 aliphatic carbocycles. The van der Waals surface area contributed by atoms with Crippen molar-refractivity contribution in [2.75, 3.05) is 5.75 Å². The first-order valence-electron chi connectivity index (χ1n) is 6.50. The molecule has 0 aliphatic rings. The minimum absolute atomic E-state index is 2.15. The molecule has 0 saturated heterocycles. The highest BCUT2D eigenvalue weighted by molar-refractivity contribution is 7.72. The summed E-state index contributed by atoms with van der Waals surface area (Å²) < 4.78 is 238. The topological polar surface area (TPSA) is 34.1 Å². The van der Waals surface area contributed by atoms with E-state index in [1.54, 1.807) is 0 Å². The van der Waals surface area contributed by atoms with Crippen LogP contribution in [0, 0.1) is 0 Å². The van der Waals surface area contributed by atoms with Crippen LogP contribution in [0.4, 0.5) is 74.6 Å². The fourth-order valence-electron chi connectivity index (χ4n) is 1.59. The zero-order chi connectivity index (χ0) is 25.0. The second kappa shape index (κ2) is 7.42. The molecule has 0 unspecified atom stereocenters. The van der Waals surface area contributed by atoms with E-state index in [9.17, 15) is 83.1 Å². The minimum atomic E-state index is -8.69. The van der Waals surface area contributed by atoms with Crippen LogP contribution < -0.4 is 0 Å². The second-order valence-electron chi connectivity index (χ2n) is 5.45. The quantitative estimate of drug-likeness (QED) is 0.349. The van der Waals surface area contributed by atoms with Gasteiger partial charge in [-0.05, 0) is 0 Å². The van der Waals surface area contributed by atoms with Crippen molar-refractivity contribution in [3.05, 3.63) is 0 Å². The molecule has 0 aromatic carbocycles. The lowest BCUT2D eigenvalue weighted by Gasteiger charge is -2.42. The molecule has 0 aliphatic heterocycles. The number of rotatable bonds is 9. The molecule has 0 radical (unpaired) electrons. The van der Waals surface area contributed by atoms with Crippen LogP contribution in [0.1, 0.15) is 6.42 Å². The largest absolute Gasteiger partial charge is 0.460 e. The van der Waals surface area contributed by atoms with Gasteiger partial charge in [0.15, 0.2) is 0 Å². The van der Waals surface area contributed by atoms with Crippen LogP contribution in [0.25, 0.3) is 0 Å². The lowest BCUT2D eigenvalue weighted by Crippen LogP contribution is -2.74. The van der Waals surface area contributed by atoms with E-state index in [0.717, 1.165) is 0 Å². The summed E-state index contributed by atoms with van der Waals surface area (Å²) >= 11 is 0. The Morgan fingerprint density at radius 1 is 0.433 bits per heavy atom. The summed E-state index contributed by atoms with van der Waals surface area (Å²) in [5.74, 6) is -59.1. The van der Waals surface area contributed by atoms with Crippen LogP contribution >= 0.6 is 0 Å².